The monoisotopic (exact) mass is 297 g/mol. The molecule has 2 aromatic rings. The third-order valence-electron chi connectivity index (χ3n) is 2.38. The lowest BCUT2D eigenvalue weighted by Crippen LogP contribution is -1.96. The predicted molar refractivity (Wildman–Crippen MR) is 78.6 cm³/mol. The number of rotatable bonds is 4. The minimum absolute atomic E-state index is 0.358. The largest absolute Gasteiger partial charge is 0.490 e. The van der Waals surface area contributed by atoms with E-state index in [9.17, 15) is 0 Å². The summed E-state index contributed by atoms with van der Waals surface area (Å²) < 4.78 is 11.2. The molecule has 0 fully saturated rings. The highest BCUT2D eigenvalue weighted by molar-refractivity contribution is 6.37. The van der Waals surface area contributed by atoms with E-state index in [2.05, 4.69) is 0 Å². The van der Waals surface area contributed by atoms with Gasteiger partial charge in [-0.25, -0.2) is 0 Å². The van der Waals surface area contributed by atoms with Crippen molar-refractivity contribution in [2.75, 3.05) is 12.3 Å². The van der Waals surface area contributed by atoms with Crippen molar-refractivity contribution in [2.45, 2.75) is 6.92 Å². The van der Waals surface area contributed by atoms with Crippen LogP contribution in [-0.4, -0.2) is 6.61 Å². The Bertz CT molecular complexity index is 564. The van der Waals surface area contributed by atoms with Crippen LogP contribution < -0.4 is 15.2 Å². The van der Waals surface area contributed by atoms with Crippen LogP contribution in [0.3, 0.4) is 0 Å². The van der Waals surface area contributed by atoms with E-state index in [0.717, 1.165) is 0 Å². The molecular formula is C14H13Cl2NO2. The highest BCUT2D eigenvalue weighted by Crippen LogP contribution is 2.40. The molecule has 3 nitrogen and oxygen atoms in total. The molecule has 0 bridgehead atoms. The normalized spacial score (nSPS) is 10.3. The van der Waals surface area contributed by atoms with Crippen molar-refractivity contribution < 1.29 is 9.47 Å². The molecule has 100 valence electrons. The van der Waals surface area contributed by atoms with Crippen molar-refractivity contribution >= 4 is 28.9 Å². The molecule has 0 aromatic heterocycles. The highest BCUT2D eigenvalue weighted by atomic mass is 35.5. The zero-order valence-electron chi connectivity index (χ0n) is 10.3. The molecule has 0 aliphatic heterocycles. The molecule has 5 heteroatoms. The lowest BCUT2D eigenvalue weighted by molar-refractivity contribution is 0.321. The van der Waals surface area contributed by atoms with E-state index in [1.807, 2.05) is 25.1 Å². The van der Waals surface area contributed by atoms with Crippen molar-refractivity contribution in [3.8, 4) is 17.2 Å². The summed E-state index contributed by atoms with van der Waals surface area (Å²) in [5, 5.41) is 0.715. The van der Waals surface area contributed by atoms with Gasteiger partial charge in [0.05, 0.1) is 16.7 Å². The summed E-state index contributed by atoms with van der Waals surface area (Å²) in [5.74, 6) is 1.55. The van der Waals surface area contributed by atoms with Gasteiger partial charge in [0.25, 0.3) is 0 Å². The molecule has 0 aliphatic rings. The summed E-state index contributed by atoms with van der Waals surface area (Å²) in [6.45, 7) is 2.45. The molecule has 2 N–H and O–H groups in total. The van der Waals surface area contributed by atoms with E-state index >= 15 is 0 Å². The van der Waals surface area contributed by atoms with Gasteiger partial charge in [0.15, 0.2) is 17.2 Å². The fourth-order valence-corrected chi connectivity index (χ4v) is 2.18. The van der Waals surface area contributed by atoms with Gasteiger partial charge in [-0.3, -0.25) is 0 Å². The number of ether oxygens (including phenoxy) is 2. The standard InChI is InChI=1S/C14H13Cl2NO2/c1-2-18-12-5-3-4-6-13(12)19-14-10(15)7-9(17)8-11(14)16/h3-8H,2,17H2,1H3. The number of halogens is 2. The van der Waals surface area contributed by atoms with Gasteiger partial charge in [0.2, 0.25) is 0 Å². The lowest BCUT2D eigenvalue weighted by atomic mass is 10.3. The molecule has 0 aliphatic carbocycles. The maximum Gasteiger partial charge on any atom is 0.169 e. The molecule has 0 saturated heterocycles. The number of nitrogen functional groups attached to an aromatic ring is 1. The number of benzene rings is 2. The molecule has 0 atom stereocenters. The van der Waals surface area contributed by atoms with Gasteiger partial charge in [-0.15, -0.1) is 0 Å². The van der Waals surface area contributed by atoms with Crippen LogP contribution >= 0.6 is 23.2 Å². The second kappa shape index (κ2) is 6.04. The first-order valence-electron chi connectivity index (χ1n) is 5.76. The molecule has 19 heavy (non-hydrogen) atoms. The summed E-state index contributed by atoms with van der Waals surface area (Å²) in [4.78, 5) is 0. The van der Waals surface area contributed by atoms with Gasteiger partial charge >= 0.3 is 0 Å². The Balaban J connectivity index is 2.36. The van der Waals surface area contributed by atoms with Crippen molar-refractivity contribution in [3.05, 3.63) is 46.4 Å². The molecule has 0 radical (unpaired) electrons. The van der Waals surface area contributed by atoms with Crippen LogP contribution in [0.5, 0.6) is 17.2 Å². The van der Waals surface area contributed by atoms with Gasteiger partial charge < -0.3 is 15.2 Å². The molecule has 2 aromatic carbocycles. The van der Waals surface area contributed by atoms with Gasteiger partial charge in [-0.1, -0.05) is 35.3 Å². The van der Waals surface area contributed by atoms with Gasteiger partial charge in [-0.05, 0) is 31.2 Å². The maximum atomic E-state index is 6.08. The number of hydrogen-bond acceptors (Lipinski definition) is 3. The first-order valence-corrected chi connectivity index (χ1v) is 6.51. The Labute approximate surface area is 121 Å². The Morgan fingerprint density at radius 3 is 2.21 bits per heavy atom. The third-order valence-corrected chi connectivity index (χ3v) is 2.94. The maximum absolute atomic E-state index is 6.08. The average molecular weight is 298 g/mol. The summed E-state index contributed by atoms with van der Waals surface area (Å²) in [7, 11) is 0. The first kappa shape index (κ1) is 13.8. The fraction of sp³-hybridized carbons (Fsp3) is 0.143. The van der Waals surface area contributed by atoms with Gasteiger partial charge in [0, 0.05) is 5.69 Å². The Morgan fingerprint density at radius 1 is 1.05 bits per heavy atom. The SMILES string of the molecule is CCOc1ccccc1Oc1c(Cl)cc(N)cc1Cl. The van der Waals surface area contributed by atoms with Crippen LogP contribution in [0.15, 0.2) is 36.4 Å². The van der Waals surface area contributed by atoms with E-state index in [4.69, 9.17) is 38.4 Å². The van der Waals surface area contributed by atoms with Crippen LogP contribution in [0.2, 0.25) is 10.0 Å². The number of para-hydroxylation sites is 2. The quantitative estimate of drug-likeness (QED) is 0.827. The molecule has 0 spiro atoms. The van der Waals surface area contributed by atoms with Crippen molar-refractivity contribution in [1.82, 2.24) is 0 Å². The smallest absolute Gasteiger partial charge is 0.169 e. The third kappa shape index (κ3) is 3.25. The zero-order valence-corrected chi connectivity index (χ0v) is 11.8. The second-order valence-corrected chi connectivity index (χ2v) is 4.61. The summed E-state index contributed by atoms with van der Waals surface area (Å²) in [5.41, 5.74) is 6.14. The van der Waals surface area contributed by atoms with Crippen LogP contribution in [0.25, 0.3) is 0 Å². The molecular weight excluding hydrogens is 285 g/mol. The van der Waals surface area contributed by atoms with E-state index in [1.54, 1.807) is 18.2 Å². The van der Waals surface area contributed by atoms with E-state index in [-0.39, 0.29) is 0 Å². The summed E-state index contributed by atoms with van der Waals surface area (Å²) >= 11 is 12.2. The van der Waals surface area contributed by atoms with Crippen molar-refractivity contribution in [3.63, 3.8) is 0 Å². The summed E-state index contributed by atoms with van der Waals surface area (Å²) in [6.07, 6.45) is 0. The molecule has 0 unspecified atom stereocenters. The minimum atomic E-state index is 0.358. The predicted octanol–water partition coefficient (Wildman–Crippen LogP) is 4.77. The van der Waals surface area contributed by atoms with Crippen LogP contribution in [0.4, 0.5) is 5.69 Å². The van der Waals surface area contributed by atoms with E-state index in [0.29, 0.717) is 39.6 Å². The fourth-order valence-electron chi connectivity index (χ4n) is 1.60. The Hall–Kier alpha value is -1.58. The van der Waals surface area contributed by atoms with Crippen molar-refractivity contribution in [2.24, 2.45) is 0 Å². The topological polar surface area (TPSA) is 44.5 Å². The Kier molecular flexibility index (Phi) is 4.40. The number of anilines is 1. The van der Waals surface area contributed by atoms with E-state index in [1.165, 1.54) is 0 Å². The minimum Gasteiger partial charge on any atom is -0.490 e. The molecule has 0 heterocycles. The number of hydrogen-bond donors (Lipinski definition) is 1. The molecule has 0 saturated carbocycles. The van der Waals surface area contributed by atoms with Crippen LogP contribution in [0, 0.1) is 0 Å². The highest BCUT2D eigenvalue weighted by Gasteiger charge is 2.12. The average Bonchev–Trinajstić information content (AvgIpc) is 2.36. The number of nitrogens with two attached hydrogens (primary N) is 1. The van der Waals surface area contributed by atoms with E-state index < -0.39 is 0 Å². The van der Waals surface area contributed by atoms with Gasteiger partial charge in [-0.2, -0.15) is 0 Å². The van der Waals surface area contributed by atoms with Gasteiger partial charge in [0.1, 0.15) is 0 Å². The lowest BCUT2D eigenvalue weighted by Gasteiger charge is -2.13. The van der Waals surface area contributed by atoms with Crippen molar-refractivity contribution in [1.29, 1.82) is 0 Å². The summed E-state index contributed by atoms with van der Waals surface area (Å²) in [6, 6.07) is 10.5. The second-order valence-electron chi connectivity index (χ2n) is 3.80. The first-order chi connectivity index (χ1) is 9.11. The molecule has 0 amide bonds. The van der Waals surface area contributed by atoms with Crippen LogP contribution in [-0.2, 0) is 0 Å². The zero-order chi connectivity index (χ0) is 13.8. The molecule has 2 rings (SSSR count). The Morgan fingerprint density at radius 2 is 1.63 bits per heavy atom. The van der Waals surface area contributed by atoms with Crippen LogP contribution in [0.1, 0.15) is 6.92 Å².